The Kier molecular flexibility index (Phi) is 5.84. The van der Waals surface area contributed by atoms with Crippen molar-refractivity contribution in [3.8, 4) is 0 Å². The zero-order valence-corrected chi connectivity index (χ0v) is 14.1. The van der Waals surface area contributed by atoms with Gasteiger partial charge in [0.15, 0.2) is 0 Å². The Morgan fingerprint density at radius 2 is 2.30 bits per heavy atom. The van der Waals surface area contributed by atoms with Crippen molar-refractivity contribution in [3.63, 3.8) is 0 Å². The second-order valence-corrected chi connectivity index (χ2v) is 6.58. The highest BCUT2D eigenvalue weighted by Gasteiger charge is 2.34. The molecule has 0 saturated carbocycles. The Balaban J connectivity index is 2.32. The van der Waals surface area contributed by atoms with Crippen LogP contribution in [0.3, 0.4) is 0 Å². The topological polar surface area (TPSA) is 21.3 Å². The first-order valence-electron chi connectivity index (χ1n) is 7.04. The van der Waals surface area contributed by atoms with Crippen LogP contribution in [-0.4, -0.2) is 19.3 Å². The fourth-order valence-electron chi connectivity index (χ4n) is 2.62. The zero-order chi connectivity index (χ0) is 14.7. The Hall–Kier alpha value is -0.160. The third-order valence-corrected chi connectivity index (χ3v) is 4.96. The monoisotopic (exact) mass is 363 g/mol. The second kappa shape index (κ2) is 7.21. The molecule has 1 heterocycles. The minimum Gasteiger partial charge on any atom is -0.376 e. The molecule has 1 aliphatic heterocycles. The van der Waals surface area contributed by atoms with Gasteiger partial charge in [-0.05, 0) is 53.4 Å². The van der Waals surface area contributed by atoms with Crippen LogP contribution in [0.4, 0.5) is 4.39 Å². The van der Waals surface area contributed by atoms with Crippen LogP contribution in [0, 0.1) is 11.7 Å². The van der Waals surface area contributed by atoms with E-state index in [1.165, 1.54) is 6.07 Å². The molecular formula is C15H20BrClFNO. The van der Waals surface area contributed by atoms with Crippen molar-refractivity contribution in [3.05, 3.63) is 33.0 Å². The van der Waals surface area contributed by atoms with Crippen molar-refractivity contribution in [2.24, 2.45) is 5.92 Å². The summed E-state index contributed by atoms with van der Waals surface area (Å²) in [6.07, 6.45) is 2.00. The maximum absolute atomic E-state index is 14.3. The van der Waals surface area contributed by atoms with Gasteiger partial charge in [0.2, 0.25) is 0 Å². The van der Waals surface area contributed by atoms with Gasteiger partial charge in [0.1, 0.15) is 5.82 Å². The molecule has 5 heteroatoms. The third-order valence-electron chi connectivity index (χ3n) is 3.76. The highest BCUT2D eigenvalue weighted by Crippen LogP contribution is 2.35. The lowest BCUT2D eigenvalue weighted by Gasteiger charge is -2.28. The molecule has 0 aliphatic carbocycles. The molecule has 1 fully saturated rings. The molecule has 3 unspecified atom stereocenters. The van der Waals surface area contributed by atoms with E-state index >= 15 is 0 Å². The molecule has 1 N–H and O–H groups in total. The lowest BCUT2D eigenvalue weighted by molar-refractivity contribution is 0.0596. The van der Waals surface area contributed by atoms with Crippen molar-refractivity contribution >= 4 is 27.5 Å². The van der Waals surface area contributed by atoms with Gasteiger partial charge in [-0.15, -0.1) is 0 Å². The van der Waals surface area contributed by atoms with Gasteiger partial charge in [0.05, 0.1) is 17.2 Å². The van der Waals surface area contributed by atoms with Crippen molar-refractivity contribution < 1.29 is 9.13 Å². The van der Waals surface area contributed by atoms with Crippen LogP contribution in [0.15, 0.2) is 16.6 Å². The highest BCUT2D eigenvalue weighted by atomic mass is 79.9. The summed E-state index contributed by atoms with van der Waals surface area (Å²) < 4.78 is 20.7. The van der Waals surface area contributed by atoms with E-state index in [9.17, 15) is 4.39 Å². The fourth-order valence-corrected chi connectivity index (χ4v) is 3.11. The predicted molar refractivity (Wildman–Crippen MR) is 83.7 cm³/mol. The summed E-state index contributed by atoms with van der Waals surface area (Å²) in [5.41, 5.74) is 0.588. The van der Waals surface area contributed by atoms with Crippen LogP contribution in [0.1, 0.15) is 38.3 Å². The van der Waals surface area contributed by atoms with E-state index < -0.39 is 0 Å². The molecule has 1 aromatic carbocycles. The summed E-state index contributed by atoms with van der Waals surface area (Å²) >= 11 is 9.38. The highest BCUT2D eigenvalue weighted by molar-refractivity contribution is 9.10. The van der Waals surface area contributed by atoms with Gasteiger partial charge < -0.3 is 10.1 Å². The maximum Gasteiger partial charge on any atom is 0.129 e. The molecule has 3 atom stereocenters. The molecule has 2 nitrogen and oxygen atoms in total. The third kappa shape index (κ3) is 3.53. The summed E-state index contributed by atoms with van der Waals surface area (Å²) in [5.74, 6) is 0.156. The Bertz CT molecular complexity index is 471. The van der Waals surface area contributed by atoms with E-state index in [4.69, 9.17) is 16.3 Å². The van der Waals surface area contributed by atoms with E-state index in [1.54, 1.807) is 6.07 Å². The van der Waals surface area contributed by atoms with Crippen molar-refractivity contribution in [2.45, 2.75) is 38.8 Å². The molecule has 1 aliphatic rings. The van der Waals surface area contributed by atoms with Crippen LogP contribution in [-0.2, 0) is 4.74 Å². The molecule has 1 saturated heterocycles. The maximum atomic E-state index is 14.3. The Labute approximate surface area is 133 Å². The molecule has 0 bridgehead atoms. The summed E-state index contributed by atoms with van der Waals surface area (Å²) in [5, 5.41) is 3.93. The number of ether oxygens (including phenoxy) is 1. The molecule has 0 spiro atoms. The summed E-state index contributed by atoms with van der Waals surface area (Å²) in [6.45, 7) is 5.80. The number of hydrogen-bond acceptors (Lipinski definition) is 2. The van der Waals surface area contributed by atoms with E-state index in [0.717, 1.165) is 26.0 Å². The minimum absolute atomic E-state index is 0.00621. The predicted octanol–water partition coefficient (Wildman–Crippen LogP) is 4.71. The minimum atomic E-state index is -0.252. The van der Waals surface area contributed by atoms with Gasteiger partial charge >= 0.3 is 0 Å². The molecule has 0 amide bonds. The van der Waals surface area contributed by atoms with Crippen molar-refractivity contribution in [2.75, 3.05) is 13.2 Å². The Morgan fingerprint density at radius 1 is 1.55 bits per heavy atom. The smallest absolute Gasteiger partial charge is 0.129 e. The number of hydrogen-bond donors (Lipinski definition) is 1. The van der Waals surface area contributed by atoms with Gasteiger partial charge in [-0.25, -0.2) is 4.39 Å². The molecule has 1 aromatic rings. The zero-order valence-electron chi connectivity index (χ0n) is 11.8. The standard InChI is InChI=1S/C15H20BrClFNO/c1-3-5-19-14(15-9(2)4-6-20-15)10-7-12(17)11(16)8-13(10)18/h7-9,14-15,19H,3-6H2,1-2H3. The van der Waals surface area contributed by atoms with Crippen LogP contribution >= 0.6 is 27.5 Å². The van der Waals surface area contributed by atoms with Gasteiger partial charge in [0.25, 0.3) is 0 Å². The largest absolute Gasteiger partial charge is 0.376 e. The number of rotatable bonds is 5. The van der Waals surface area contributed by atoms with Gasteiger partial charge in [-0.1, -0.05) is 25.4 Å². The molecule has 2 rings (SSSR count). The van der Waals surface area contributed by atoms with Crippen LogP contribution in [0.25, 0.3) is 0 Å². The lowest BCUT2D eigenvalue weighted by Crippen LogP contribution is -2.35. The normalized spacial score (nSPS) is 24.1. The van der Waals surface area contributed by atoms with Crippen LogP contribution in [0.5, 0.6) is 0 Å². The van der Waals surface area contributed by atoms with E-state index in [-0.39, 0.29) is 18.0 Å². The quantitative estimate of drug-likeness (QED) is 0.764. The second-order valence-electron chi connectivity index (χ2n) is 5.32. The number of halogens is 3. The van der Waals surface area contributed by atoms with Crippen LogP contribution < -0.4 is 5.32 Å². The average molecular weight is 365 g/mol. The van der Waals surface area contributed by atoms with E-state index in [1.807, 2.05) is 0 Å². The average Bonchev–Trinajstić information content (AvgIpc) is 2.82. The van der Waals surface area contributed by atoms with Crippen molar-refractivity contribution in [1.82, 2.24) is 5.32 Å². The van der Waals surface area contributed by atoms with E-state index in [0.29, 0.717) is 21.0 Å². The molecule has 0 radical (unpaired) electrons. The van der Waals surface area contributed by atoms with Gasteiger partial charge in [-0.2, -0.15) is 0 Å². The number of benzene rings is 1. The van der Waals surface area contributed by atoms with Gasteiger partial charge in [0, 0.05) is 16.6 Å². The Morgan fingerprint density at radius 3 is 2.90 bits per heavy atom. The van der Waals surface area contributed by atoms with E-state index in [2.05, 4.69) is 35.1 Å². The molecule has 0 aromatic heterocycles. The fraction of sp³-hybridized carbons (Fsp3) is 0.600. The summed E-state index contributed by atoms with van der Waals surface area (Å²) in [7, 11) is 0. The summed E-state index contributed by atoms with van der Waals surface area (Å²) in [4.78, 5) is 0. The SMILES string of the molecule is CCCNC(c1cc(Cl)c(Br)cc1F)C1OCCC1C. The molecular weight excluding hydrogens is 345 g/mol. The first kappa shape index (κ1) is 16.2. The lowest BCUT2D eigenvalue weighted by atomic mass is 9.92. The summed E-state index contributed by atoms with van der Waals surface area (Å²) in [6, 6.07) is 2.97. The molecule has 20 heavy (non-hydrogen) atoms. The van der Waals surface area contributed by atoms with Crippen LogP contribution in [0.2, 0.25) is 5.02 Å². The van der Waals surface area contributed by atoms with Crippen molar-refractivity contribution in [1.29, 1.82) is 0 Å². The first-order chi connectivity index (χ1) is 9.54. The molecule has 112 valence electrons. The number of nitrogens with one attached hydrogen (secondary N) is 1. The van der Waals surface area contributed by atoms with Gasteiger partial charge in [-0.3, -0.25) is 0 Å². The first-order valence-corrected chi connectivity index (χ1v) is 8.21.